The van der Waals surface area contributed by atoms with Crippen molar-refractivity contribution in [3.63, 3.8) is 0 Å². The van der Waals surface area contributed by atoms with Crippen LogP contribution >= 0.6 is 0 Å². The summed E-state index contributed by atoms with van der Waals surface area (Å²) in [7, 11) is 0. The molecule has 3 aromatic carbocycles. The maximum Gasteiger partial charge on any atom is 0.404 e. The van der Waals surface area contributed by atoms with E-state index >= 15 is 0 Å². The summed E-state index contributed by atoms with van der Waals surface area (Å²) >= 11 is 0. The van der Waals surface area contributed by atoms with Gasteiger partial charge in [-0.05, 0) is 89.9 Å². The van der Waals surface area contributed by atoms with E-state index < -0.39 is 12.1 Å². The quantitative estimate of drug-likeness (QED) is 0.157. The number of tetrazole rings is 1. The van der Waals surface area contributed by atoms with Crippen LogP contribution in [0.1, 0.15) is 41.6 Å². The highest BCUT2D eigenvalue weighted by Gasteiger charge is 2.30. The summed E-state index contributed by atoms with van der Waals surface area (Å²) in [5, 5.41) is 31.3. The fraction of sp³-hybridized carbons (Fsp3) is 0.361. The molecule has 5 N–H and O–H groups in total. The minimum atomic E-state index is -1.05. The number of anilines is 1. The number of benzene rings is 3. The summed E-state index contributed by atoms with van der Waals surface area (Å²) in [5.41, 5.74) is 4.45. The first-order valence-electron chi connectivity index (χ1n) is 16.8. The third kappa shape index (κ3) is 8.88. The Labute approximate surface area is 289 Å². The van der Waals surface area contributed by atoms with E-state index in [2.05, 4.69) is 36.6 Å². The molecule has 0 bridgehead atoms. The van der Waals surface area contributed by atoms with E-state index in [4.69, 9.17) is 9.84 Å². The first-order chi connectivity index (χ1) is 24.3. The van der Waals surface area contributed by atoms with Crippen LogP contribution in [0, 0.1) is 11.8 Å². The minimum Gasteiger partial charge on any atom is -0.465 e. The Morgan fingerprint density at radius 2 is 1.62 bits per heavy atom. The molecule has 1 saturated carbocycles. The lowest BCUT2D eigenvalue weighted by Gasteiger charge is -2.29. The van der Waals surface area contributed by atoms with Gasteiger partial charge in [-0.2, -0.15) is 5.21 Å². The fourth-order valence-electron chi connectivity index (χ4n) is 6.47. The summed E-state index contributed by atoms with van der Waals surface area (Å²) in [6.45, 7) is 2.52. The van der Waals surface area contributed by atoms with Gasteiger partial charge in [-0.3, -0.25) is 14.4 Å². The number of hydrogen-bond acceptors (Lipinski definition) is 8. The fourth-order valence-corrected chi connectivity index (χ4v) is 6.47. The average Bonchev–Trinajstić information content (AvgIpc) is 3.70. The predicted molar refractivity (Wildman–Crippen MR) is 184 cm³/mol. The van der Waals surface area contributed by atoms with Crippen molar-refractivity contribution in [2.24, 2.45) is 11.8 Å². The van der Waals surface area contributed by atoms with Crippen molar-refractivity contribution in [1.82, 2.24) is 36.2 Å². The van der Waals surface area contributed by atoms with Crippen molar-refractivity contribution in [1.29, 1.82) is 0 Å². The van der Waals surface area contributed by atoms with Crippen LogP contribution in [0.25, 0.3) is 22.5 Å². The molecule has 2 aliphatic rings. The van der Waals surface area contributed by atoms with Gasteiger partial charge in [0.1, 0.15) is 6.04 Å². The Morgan fingerprint density at radius 1 is 0.900 bits per heavy atom. The maximum atomic E-state index is 13.8. The number of nitrogens with one attached hydrogen (secondary N) is 4. The molecule has 1 aliphatic carbocycles. The van der Waals surface area contributed by atoms with Gasteiger partial charge in [0.2, 0.25) is 17.6 Å². The van der Waals surface area contributed by atoms with Crippen molar-refractivity contribution in [2.75, 3.05) is 38.2 Å². The lowest BCUT2D eigenvalue weighted by atomic mass is 9.81. The number of nitrogens with zero attached hydrogens (tertiary/aromatic N) is 4. The van der Waals surface area contributed by atoms with Crippen molar-refractivity contribution in [2.45, 2.75) is 38.1 Å². The van der Waals surface area contributed by atoms with E-state index in [1.54, 1.807) is 29.2 Å². The Hall–Kier alpha value is -5.63. The summed E-state index contributed by atoms with van der Waals surface area (Å²) in [6.07, 6.45) is 1.84. The number of aromatic nitrogens is 4. The highest BCUT2D eigenvalue weighted by atomic mass is 16.5. The van der Waals surface area contributed by atoms with Crippen molar-refractivity contribution in [3.8, 4) is 22.5 Å². The SMILES string of the molecule is O=C(O)NCC1CCC(C(=O)N[C@@H](Cc2cccc(-c3cccc(C(=O)N4CCOCC4)c3)c2)C(=O)Nc2ccc(-c3nn[nH]n3)cc2)CC1. The molecule has 1 aliphatic heterocycles. The van der Waals surface area contributed by atoms with Crippen molar-refractivity contribution in [3.05, 3.63) is 83.9 Å². The maximum absolute atomic E-state index is 13.8. The number of amides is 4. The largest absolute Gasteiger partial charge is 0.465 e. The molecule has 260 valence electrons. The molecule has 1 aromatic heterocycles. The topological polar surface area (TPSA) is 192 Å². The lowest BCUT2D eigenvalue weighted by molar-refractivity contribution is -0.130. The van der Waals surface area contributed by atoms with E-state index in [0.29, 0.717) is 62.8 Å². The molecule has 2 fully saturated rings. The molecule has 50 heavy (non-hydrogen) atoms. The van der Waals surface area contributed by atoms with E-state index in [9.17, 15) is 19.2 Å². The molecule has 1 saturated heterocycles. The Balaban J connectivity index is 1.17. The van der Waals surface area contributed by atoms with Crippen molar-refractivity contribution >= 4 is 29.5 Å². The smallest absolute Gasteiger partial charge is 0.404 e. The number of carbonyl (C=O) groups is 4. The Morgan fingerprint density at radius 3 is 2.32 bits per heavy atom. The molecule has 14 heteroatoms. The van der Waals surface area contributed by atoms with E-state index in [-0.39, 0.29) is 36.0 Å². The third-order valence-corrected chi connectivity index (χ3v) is 9.26. The van der Waals surface area contributed by atoms with Crippen molar-refractivity contribution < 1.29 is 29.0 Å². The summed E-state index contributed by atoms with van der Waals surface area (Å²) in [4.78, 5) is 53.2. The molecule has 4 amide bonds. The van der Waals surface area contributed by atoms with Gasteiger partial charge in [-0.1, -0.05) is 36.4 Å². The summed E-state index contributed by atoms with van der Waals surface area (Å²) in [5.74, 6) is -0.282. The van der Waals surface area contributed by atoms with Crippen LogP contribution in [-0.4, -0.2) is 93.3 Å². The van der Waals surface area contributed by atoms with Gasteiger partial charge < -0.3 is 30.7 Å². The van der Waals surface area contributed by atoms with Crippen LogP contribution in [0.4, 0.5) is 10.5 Å². The Kier molecular flexibility index (Phi) is 11.1. The third-order valence-electron chi connectivity index (χ3n) is 9.26. The normalized spacial score (nSPS) is 18.1. The molecule has 0 spiro atoms. The molecule has 2 heterocycles. The van der Waals surface area contributed by atoms with Crippen LogP contribution in [0.5, 0.6) is 0 Å². The van der Waals surface area contributed by atoms with E-state index in [1.165, 1.54) is 0 Å². The van der Waals surface area contributed by atoms with E-state index in [1.807, 2.05) is 48.5 Å². The van der Waals surface area contributed by atoms with Gasteiger partial charge in [0.15, 0.2) is 0 Å². The highest BCUT2D eigenvalue weighted by Crippen LogP contribution is 2.29. The highest BCUT2D eigenvalue weighted by molar-refractivity contribution is 5.98. The first-order valence-corrected chi connectivity index (χ1v) is 16.8. The van der Waals surface area contributed by atoms with Crippen LogP contribution in [-0.2, 0) is 20.7 Å². The summed E-state index contributed by atoms with van der Waals surface area (Å²) in [6, 6.07) is 21.4. The molecule has 0 unspecified atom stereocenters. The monoisotopic (exact) mass is 680 g/mol. The zero-order chi connectivity index (χ0) is 34.9. The minimum absolute atomic E-state index is 0.0386. The molecule has 6 rings (SSSR count). The number of carboxylic acid groups (broad SMARTS) is 1. The molecule has 1 atom stereocenters. The van der Waals surface area contributed by atoms with Gasteiger partial charge in [0, 0.05) is 48.8 Å². The number of H-pyrrole nitrogens is 1. The van der Waals surface area contributed by atoms with Crippen LogP contribution in [0.15, 0.2) is 72.8 Å². The van der Waals surface area contributed by atoms with Crippen LogP contribution < -0.4 is 16.0 Å². The molecule has 0 radical (unpaired) electrons. The average molecular weight is 681 g/mol. The zero-order valence-electron chi connectivity index (χ0n) is 27.5. The number of aromatic amines is 1. The lowest BCUT2D eigenvalue weighted by Crippen LogP contribution is -2.48. The van der Waals surface area contributed by atoms with Gasteiger partial charge in [-0.15, -0.1) is 10.2 Å². The first kappa shape index (κ1) is 34.2. The van der Waals surface area contributed by atoms with Gasteiger partial charge in [0.05, 0.1) is 13.2 Å². The predicted octanol–water partition coefficient (Wildman–Crippen LogP) is 3.75. The molecular formula is C36H40N8O6. The zero-order valence-corrected chi connectivity index (χ0v) is 27.5. The van der Waals surface area contributed by atoms with Gasteiger partial charge in [0.25, 0.3) is 5.91 Å². The van der Waals surface area contributed by atoms with Crippen LogP contribution in [0.3, 0.4) is 0 Å². The molecule has 14 nitrogen and oxygen atoms in total. The number of carbonyl (C=O) groups excluding carboxylic acids is 3. The second kappa shape index (κ2) is 16.2. The molecule has 4 aromatic rings. The van der Waals surface area contributed by atoms with E-state index in [0.717, 1.165) is 35.1 Å². The number of hydrogen-bond donors (Lipinski definition) is 5. The molecular weight excluding hydrogens is 640 g/mol. The number of rotatable bonds is 11. The summed E-state index contributed by atoms with van der Waals surface area (Å²) < 4.78 is 5.39. The second-order valence-electron chi connectivity index (χ2n) is 12.7. The second-order valence-corrected chi connectivity index (χ2v) is 12.7. The standard InChI is InChI=1S/C36H40N8O6/c45-33(26-9-7-23(8-10-26)22-37-36(48)49)39-31(34(46)38-30-13-11-25(12-14-30)32-40-42-43-41-32)20-24-3-1-4-27(19-24)28-5-2-6-29(21-28)35(47)44-15-17-50-18-16-44/h1-6,11-14,19,21,23,26,31,37H,7-10,15-18,20,22H2,(H,38,46)(H,39,45)(H,48,49)(H,40,41,42,43)/t23?,26?,31-/m0/s1. The number of ether oxygens (including phenoxy) is 1. The Bertz CT molecular complexity index is 1780. The van der Waals surface area contributed by atoms with Crippen LogP contribution in [0.2, 0.25) is 0 Å². The number of morpholine rings is 1. The van der Waals surface area contributed by atoms with Gasteiger partial charge in [-0.25, -0.2) is 4.79 Å². The van der Waals surface area contributed by atoms with Gasteiger partial charge >= 0.3 is 6.09 Å².